The molecule has 2 aromatic rings. The van der Waals surface area contributed by atoms with Gasteiger partial charge in [0.25, 0.3) is 5.91 Å². The molecule has 5 nitrogen and oxygen atoms in total. The van der Waals surface area contributed by atoms with E-state index in [1.165, 1.54) is 0 Å². The summed E-state index contributed by atoms with van der Waals surface area (Å²) >= 11 is 6.04. The molecule has 0 saturated carbocycles. The van der Waals surface area contributed by atoms with E-state index in [4.69, 9.17) is 21.1 Å². The van der Waals surface area contributed by atoms with Gasteiger partial charge < -0.3 is 14.8 Å². The van der Waals surface area contributed by atoms with E-state index >= 15 is 0 Å². The predicted molar refractivity (Wildman–Crippen MR) is 105 cm³/mol. The van der Waals surface area contributed by atoms with Gasteiger partial charge in [0.1, 0.15) is 25.0 Å². The van der Waals surface area contributed by atoms with Gasteiger partial charge in [0.05, 0.1) is 10.6 Å². The molecule has 0 aliphatic rings. The molecule has 2 aromatic carbocycles. The van der Waals surface area contributed by atoms with Crippen molar-refractivity contribution < 1.29 is 19.1 Å². The summed E-state index contributed by atoms with van der Waals surface area (Å²) < 4.78 is 10.8. The van der Waals surface area contributed by atoms with Crippen LogP contribution < -0.4 is 10.1 Å². The summed E-state index contributed by atoms with van der Waals surface area (Å²) in [6.45, 7) is 5.99. The Morgan fingerprint density at radius 1 is 1.04 bits per heavy atom. The largest absolute Gasteiger partial charge is 0.490 e. The van der Waals surface area contributed by atoms with Crippen LogP contribution in [0.15, 0.2) is 48.5 Å². The monoisotopic (exact) mass is 389 g/mol. The van der Waals surface area contributed by atoms with Crippen LogP contribution in [0.1, 0.15) is 29.8 Å². The number of esters is 1. The molecule has 0 unspecified atom stereocenters. The Balaban J connectivity index is 1.86. The molecular weight excluding hydrogens is 366 g/mol. The van der Waals surface area contributed by atoms with Crippen LogP contribution in [0.2, 0.25) is 5.02 Å². The average Bonchev–Trinajstić information content (AvgIpc) is 2.64. The van der Waals surface area contributed by atoms with Crippen molar-refractivity contribution in [3.05, 3.63) is 64.7 Å². The lowest BCUT2D eigenvalue weighted by atomic mass is 10.0. The predicted octanol–water partition coefficient (Wildman–Crippen LogP) is 4.03. The minimum atomic E-state index is -0.770. The van der Waals surface area contributed by atoms with Gasteiger partial charge in [0.2, 0.25) is 0 Å². The quantitative estimate of drug-likeness (QED) is 0.547. The highest BCUT2D eigenvalue weighted by Crippen LogP contribution is 2.16. The van der Waals surface area contributed by atoms with Crippen molar-refractivity contribution in [1.82, 2.24) is 5.32 Å². The third-order valence-corrected chi connectivity index (χ3v) is 4.27. The summed E-state index contributed by atoms with van der Waals surface area (Å²) in [7, 11) is 0. The fourth-order valence-electron chi connectivity index (χ4n) is 2.39. The number of amides is 1. The molecule has 0 fully saturated rings. The van der Waals surface area contributed by atoms with E-state index in [1.807, 2.05) is 45.0 Å². The van der Waals surface area contributed by atoms with Crippen LogP contribution in [0.3, 0.4) is 0 Å². The van der Waals surface area contributed by atoms with E-state index in [1.54, 1.807) is 24.3 Å². The Morgan fingerprint density at radius 2 is 1.70 bits per heavy atom. The average molecular weight is 390 g/mol. The Hall–Kier alpha value is -2.53. The molecule has 1 amide bonds. The first-order chi connectivity index (χ1) is 12.9. The molecule has 0 spiro atoms. The van der Waals surface area contributed by atoms with E-state index in [-0.39, 0.29) is 19.1 Å². The number of carbonyl (C=O) groups is 2. The highest BCUT2D eigenvalue weighted by atomic mass is 35.5. The minimum absolute atomic E-state index is 0.0951. The zero-order valence-corrected chi connectivity index (χ0v) is 16.5. The Labute approximate surface area is 164 Å². The highest BCUT2D eigenvalue weighted by molar-refractivity contribution is 6.33. The molecule has 2 rings (SSSR count). The number of rotatable bonds is 8. The van der Waals surface area contributed by atoms with Gasteiger partial charge in [-0.15, -0.1) is 0 Å². The van der Waals surface area contributed by atoms with Gasteiger partial charge in [0.15, 0.2) is 0 Å². The van der Waals surface area contributed by atoms with Gasteiger partial charge in [0, 0.05) is 0 Å². The first kappa shape index (κ1) is 20.8. The number of halogens is 1. The van der Waals surface area contributed by atoms with Crippen LogP contribution in [-0.4, -0.2) is 31.1 Å². The second-order valence-corrected chi connectivity index (χ2v) is 6.91. The second kappa shape index (κ2) is 9.97. The SMILES string of the molecule is Cc1ccc(OCCOC(=O)[C@@H](NC(=O)c2ccccc2Cl)C(C)C)cc1. The van der Waals surface area contributed by atoms with E-state index in [0.29, 0.717) is 16.3 Å². The van der Waals surface area contributed by atoms with E-state index in [2.05, 4.69) is 5.32 Å². The molecule has 0 bridgehead atoms. The van der Waals surface area contributed by atoms with Gasteiger partial charge in [-0.25, -0.2) is 4.79 Å². The first-order valence-corrected chi connectivity index (χ1v) is 9.17. The van der Waals surface area contributed by atoms with Gasteiger partial charge in [-0.3, -0.25) is 4.79 Å². The Kier molecular flexibility index (Phi) is 7.67. The summed E-state index contributed by atoms with van der Waals surface area (Å²) in [6, 6.07) is 13.5. The van der Waals surface area contributed by atoms with E-state index < -0.39 is 17.9 Å². The van der Waals surface area contributed by atoms with Crippen LogP contribution in [0.4, 0.5) is 0 Å². The molecule has 0 heterocycles. The van der Waals surface area contributed by atoms with Crippen LogP contribution in [-0.2, 0) is 9.53 Å². The molecule has 27 heavy (non-hydrogen) atoms. The maximum Gasteiger partial charge on any atom is 0.329 e. The summed E-state index contributed by atoms with van der Waals surface area (Å²) in [6.07, 6.45) is 0. The zero-order valence-electron chi connectivity index (χ0n) is 15.7. The molecule has 6 heteroatoms. The first-order valence-electron chi connectivity index (χ1n) is 8.80. The molecular formula is C21H24ClNO4. The van der Waals surface area contributed by atoms with Crippen LogP contribution >= 0.6 is 11.6 Å². The van der Waals surface area contributed by atoms with E-state index in [0.717, 1.165) is 5.56 Å². The molecule has 0 aromatic heterocycles. The molecule has 1 atom stereocenters. The summed E-state index contributed by atoms with van der Waals surface area (Å²) in [5, 5.41) is 3.03. The third kappa shape index (κ3) is 6.29. The van der Waals surface area contributed by atoms with Crippen molar-refractivity contribution in [3.63, 3.8) is 0 Å². The summed E-state index contributed by atoms with van der Waals surface area (Å²) in [5.74, 6) is -0.337. The lowest BCUT2D eigenvalue weighted by Crippen LogP contribution is -2.45. The van der Waals surface area contributed by atoms with Gasteiger partial charge in [-0.2, -0.15) is 0 Å². The number of benzene rings is 2. The fourth-order valence-corrected chi connectivity index (χ4v) is 2.61. The second-order valence-electron chi connectivity index (χ2n) is 6.50. The van der Waals surface area contributed by atoms with Crippen LogP contribution in [0.5, 0.6) is 5.75 Å². The van der Waals surface area contributed by atoms with Crippen LogP contribution in [0.25, 0.3) is 0 Å². The smallest absolute Gasteiger partial charge is 0.329 e. The Morgan fingerprint density at radius 3 is 2.33 bits per heavy atom. The maximum absolute atomic E-state index is 12.4. The van der Waals surface area contributed by atoms with Gasteiger partial charge in [-0.1, -0.05) is 55.3 Å². The number of hydrogen-bond acceptors (Lipinski definition) is 4. The van der Waals surface area contributed by atoms with Crippen molar-refractivity contribution in [2.45, 2.75) is 26.8 Å². The topological polar surface area (TPSA) is 64.6 Å². The minimum Gasteiger partial charge on any atom is -0.490 e. The fraction of sp³-hybridized carbons (Fsp3) is 0.333. The molecule has 0 saturated heterocycles. The lowest BCUT2D eigenvalue weighted by Gasteiger charge is -2.21. The molecule has 0 radical (unpaired) electrons. The standard InChI is InChI=1S/C21H24ClNO4/c1-14(2)19(23-20(24)17-6-4-5-7-18(17)22)21(25)27-13-12-26-16-10-8-15(3)9-11-16/h4-11,14,19H,12-13H2,1-3H3,(H,23,24)/t19-/m0/s1. The molecule has 0 aliphatic carbocycles. The van der Waals surface area contributed by atoms with E-state index in [9.17, 15) is 9.59 Å². The molecule has 1 N–H and O–H groups in total. The van der Waals surface area contributed by atoms with Crippen molar-refractivity contribution >= 4 is 23.5 Å². The number of nitrogens with one attached hydrogen (secondary N) is 1. The van der Waals surface area contributed by atoms with Crippen molar-refractivity contribution in [1.29, 1.82) is 0 Å². The van der Waals surface area contributed by atoms with Crippen molar-refractivity contribution in [3.8, 4) is 5.75 Å². The van der Waals surface area contributed by atoms with Gasteiger partial charge >= 0.3 is 5.97 Å². The van der Waals surface area contributed by atoms with Gasteiger partial charge in [-0.05, 0) is 37.1 Å². The maximum atomic E-state index is 12.4. The number of aryl methyl sites for hydroxylation is 1. The Bertz CT molecular complexity index is 774. The number of carbonyl (C=O) groups excluding carboxylic acids is 2. The molecule has 0 aliphatic heterocycles. The van der Waals surface area contributed by atoms with Crippen molar-refractivity contribution in [2.24, 2.45) is 5.92 Å². The normalized spacial score (nSPS) is 11.7. The lowest BCUT2D eigenvalue weighted by molar-refractivity contribution is -0.147. The van der Waals surface area contributed by atoms with Crippen LogP contribution in [0, 0.1) is 12.8 Å². The summed E-state index contributed by atoms with van der Waals surface area (Å²) in [5.41, 5.74) is 1.46. The highest BCUT2D eigenvalue weighted by Gasteiger charge is 2.26. The number of hydrogen-bond donors (Lipinski definition) is 1. The number of ether oxygens (including phenoxy) is 2. The zero-order chi connectivity index (χ0) is 19.8. The molecule has 144 valence electrons. The van der Waals surface area contributed by atoms with Crippen molar-refractivity contribution in [2.75, 3.05) is 13.2 Å². The third-order valence-electron chi connectivity index (χ3n) is 3.94. The summed E-state index contributed by atoms with van der Waals surface area (Å²) in [4.78, 5) is 24.8.